The lowest BCUT2D eigenvalue weighted by Crippen LogP contribution is -2.33. The van der Waals surface area contributed by atoms with E-state index in [2.05, 4.69) is 33.2 Å². The summed E-state index contributed by atoms with van der Waals surface area (Å²) in [5.41, 5.74) is 3.00. The zero-order valence-electron chi connectivity index (χ0n) is 18.3. The van der Waals surface area contributed by atoms with Crippen molar-refractivity contribution in [3.8, 4) is 11.4 Å². The topological polar surface area (TPSA) is 69.8 Å². The standard InChI is InChI=1S/C24H30N6O/c1-17-15-29(16-26-17)21-7-5-18(14-22(21)31-2)6-8-23-27-24-20(4-3-13-30(24)28-23)19-9-11-25-12-10-19/h5-8,14-16,19-20,25H,3-4,9-13H2,1-2H3/t20-/m0/s1. The van der Waals surface area contributed by atoms with Crippen LogP contribution in [0.1, 0.15) is 54.5 Å². The van der Waals surface area contributed by atoms with E-state index in [-0.39, 0.29) is 0 Å². The second-order valence-electron chi connectivity index (χ2n) is 8.57. The Bertz CT molecular complexity index is 1080. The summed E-state index contributed by atoms with van der Waals surface area (Å²) < 4.78 is 9.75. The number of nitrogens with one attached hydrogen (secondary N) is 1. The summed E-state index contributed by atoms with van der Waals surface area (Å²) in [6, 6.07) is 6.17. The van der Waals surface area contributed by atoms with Crippen molar-refractivity contribution in [2.75, 3.05) is 20.2 Å². The molecule has 2 aliphatic heterocycles. The number of nitrogens with zero attached hydrogens (tertiary/aromatic N) is 5. The first-order chi connectivity index (χ1) is 15.2. The Kier molecular flexibility index (Phi) is 5.59. The first-order valence-electron chi connectivity index (χ1n) is 11.2. The summed E-state index contributed by atoms with van der Waals surface area (Å²) in [4.78, 5) is 9.24. The van der Waals surface area contributed by atoms with Crippen LogP contribution in [0, 0.1) is 12.8 Å². The van der Waals surface area contributed by atoms with Crippen molar-refractivity contribution >= 4 is 12.2 Å². The third-order valence-electron chi connectivity index (χ3n) is 6.50. The molecule has 7 heteroatoms. The molecule has 3 aromatic rings. The lowest BCUT2D eigenvalue weighted by Gasteiger charge is -2.32. The van der Waals surface area contributed by atoms with E-state index in [0.29, 0.717) is 5.92 Å². The number of rotatable bonds is 5. The van der Waals surface area contributed by atoms with Crippen LogP contribution in [0.2, 0.25) is 0 Å². The van der Waals surface area contributed by atoms with E-state index in [1.54, 1.807) is 13.4 Å². The van der Waals surface area contributed by atoms with Crippen LogP contribution < -0.4 is 10.1 Å². The summed E-state index contributed by atoms with van der Waals surface area (Å²) in [6.07, 6.45) is 12.8. The van der Waals surface area contributed by atoms with Gasteiger partial charge in [0.25, 0.3) is 0 Å². The van der Waals surface area contributed by atoms with Gasteiger partial charge in [-0.1, -0.05) is 12.1 Å². The zero-order valence-corrected chi connectivity index (χ0v) is 18.3. The van der Waals surface area contributed by atoms with Gasteiger partial charge in [0.1, 0.15) is 11.6 Å². The number of ether oxygens (including phenoxy) is 1. The molecule has 1 saturated heterocycles. The molecule has 162 valence electrons. The molecule has 1 atom stereocenters. The highest BCUT2D eigenvalue weighted by Gasteiger charge is 2.31. The molecule has 0 bridgehead atoms. The highest BCUT2D eigenvalue weighted by molar-refractivity contribution is 5.69. The van der Waals surface area contributed by atoms with Crippen molar-refractivity contribution in [2.45, 2.75) is 45.1 Å². The predicted octanol–water partition coefficient (Wildman–Crippen LogP) is 3.83. The van der Waals surface area contributed by atoms with E-state index in [9.17, 15) is 0 Å². The van der Waals surface area contributed by atoms with Gasteiger partial charge in [-0.25, -0.2) is 14.6 Å². The van der Waals surface area contributed by atoms with E-state index in [1.165, 1.54) is 31.5 Å². The van der Waals surface area contributed by atoms with Crippen LogP contribution >= 0.6 is 0 Å². The molecule has 0 unspecified atom stereocenters. The second kappa shape index (κ2) is 8.67. The molecule has 31 heavy (non-hydrogen) atoms. The SMILES string of the molecule is COc1cc(C=Cc2nc3n(n2)CCC[C@H]3C2CCNCC2)ccc1-n1cnc(C)c1. The van der Waals surface area contributed by atoms with Gasteiger partial charge in [0, 0.05) is 18.7 Å². The fourth-order valence-corrected chi connectivity index (χ4v) is 4.90. The summed E-state index contributed by atoms with van der Waals surface area (Å²) in [5.74, 6) is 4.06. The van der Waals surface area contributed by atoms with Gasteiger partial charge in [-0.2, -0.15) is 5.10 Å². The highest BCUT2D eigenvalue weighted by Crippen LogP contribution is 2.36. The smallest absolute Gasteiger partial charge is 0.174 e. The molecule has 5 rings (SSSR count). The molecular weight excluding hydrogens is 388 g/mol. The van der Waals surface area contributed by atoms with E-state index >= 15 is 0 Å². The number of imidazole rings is 1. The molecule has 7 nitrogen and oxygen atoms in total. The van der Waals surface area contributed by atoms with Crippen LogP contribution in [0.3, 0.4) is 0 Å². The Morgan fingerprint density at radius 3 is 2.81 bits per heavy atom. The molecule has 2 aliphatic rings. The second-order valence-corrected chi connectivity index (χ2v) is 8.57. The first-order valence-corrected chi connectivity index (χ1v) is 11.2. The number of methoxy groups -OCH3 is 1. The number of hydrogen-bond acceptors (Lipinski definition) is 5. The van der Waals surface area contributed by atoms with E-state index in [0.717, 1.165) is 54.1 Å². The van der Waals surface area contributed by atoms with E-state index in [1.807, 2.05) is 29.8 Å². The summed E-state index contributed by atoms with van der Waals surface area (Å²) in [7, 11) is 1.70. The normalized spacial score (nSPS) is 19.6. The number of hydrogen-bond donors (Lipinski definition) is 1. The van der Waals surface area contributed by atoms with Crippen LogP contribution in [0.5, 0.6) is 5.75 Å². The number of aryl methyl sites for hydroxylation is 2. The highest BCUT2D eigenvalue weighted by atomic mass is 16.5. The van der Waals surface area contributed by atoms with E-state index < -0.39 is 0 Å². The van der Waals surface area contributed by atoms with Crippen molar-refractivity contribution in [1.82, 2.24) is 29.6 Å². The average molecular weight is 419 g/mol. The summed E-state index contributed by atoms with van der Waals surface area (Å²) in [5, 5.41) is 8.26. The molecular formula is C24H30N6O. The largest absolute Gasteiger partial charge is 0.495 e. The predicted molar refractivity (Wildman–Crippen MR) is 121 cm³/mol. The lowest BCUT2D eigenvalue weighted by molar-refractivity contribution is 0.264. The fourth-order valence-electron chi connectivity index (χ4n) is 4.90. The van der Waals surface area contributed by atoms with Crippen molar-refractivity contribution < 1.29 is 4.74 Å². The first kappa shape index (κ1) is 20.0. The molecule has 0 saturated carbocycles. The number of aromatic nitrogens is 5. The van der Waals surface area contributed by atoms with Gasteiger partial charge in [-0.05, 0) is 75.4 Å². The monoisotopic (exact) mass is 418 g/mol. The molecule has 0 amide bonds. The molecule has 1 aromatic carbocycles. The van der Waals surface area contributed by atoms with Crippen molar-refractivity contribution in [3.05, 3.63) is 53.6 Å². The van der Waals surface area contributed by atoms with Crippen LogP contribution in [0.4, 0.5) is 0 Å². The Morgan fingerprint density at radius 1 is 1.16 bits per heavy atom. The van der Waals surface area contributed by atoms with Gasteiger partial charge in [-0.15, -0.1) is 0 Å². The molecule has 2 aromatic heterocycles. The van der Waals surface area contributed by atoms with Crippen molar-refractivity contribution in [3.63, 3.8) is 0 Å². The fraction of sp³-hybridized carbons (Fsp3) is 0.458. The van der Waals surface area contributed by atoms with Crippen LogP contribution in [0.15, 0.2) is 30.7 Å². The third kappa shape index (κ3) is 4.14. The maximum atomic E-state index is 5.63. The number of fused-ring (bicyclic) bond motifs is 1. The molecule has 0 radical (unpaired) electrons. The van der Waals surface area contributed by atoms with E-state index in [4.69, 9.17) is 14.8 Å². The maximum absolute atomic E-state index is 5.63. The van der Waals surface area contributed by atoms with Crippen LogP contribution in [-0.4, -0.2) is 44.5 Å². The van der Waals surface area contributed by atoms with Gasteiger partial charge in [0.05, 0.1) is 24.8 Å². The minimum absolute atomic E-state index is 0.545. The Morgan fingerprint density at radius 2 is 2.03 bits per heavy atom. The van der Waals surface area contributed by atoms with Gasteiger partial charge in [0.15, 0.2) is 5.82 Å². The Hall–Kier alpha value is -2.93. The molecule has 0 spiro atoms. The molecule has 1 fully saturated rings. The lowest BCUT2D eigenvalue weighted by atomic mass is 9.80. The Balaban J connectivity index is 1.37. The third-order valence-corrected chi connectivity index (χ3v) is 6.50. The minimum atomic E-state index is 0.545. The Labute approximate surface area is 183 Å². The molecule has 0 aliphatic carbocycles. The van der Waals surface area contributed by atoms with Crippen molar-refractivity contribution in [1.29, 1.82) is 0 Å². The van der Waals surface area contributed by atoms with Crippen LogP contribution in [0.25, 0.3) is 17.8 Å². The van der Waals surface area contributed by atoms with Gasteiger partial charge in [0.2, 0.25) is 0 Å². The minimum Gasteiger partial charge on any atom is -0.495 e. The summed E-state index contributed by atoms with van der Waals surface area (Å²) >= 11 is 0. The number of benzene rings is 1. The quantitative estimate of drug-likeness (QED) is 0.682. The van der Waals surface area contributed by atoms with Crippen molar-refractivity contribution in [2.24, 2.45) is 5.92 Å². The van der Waals surface area contributed by atoms with Gasteiger partial charge >= 0.3 is 0 Å². The average Bonchev–Trinajstić information content (AvgIpc) is 3.43. The molecule has 4 heterocycles. The summed E-state index contributed by atoms with van der Waals surface area (Å²) in [6.45, 7) is 5.20. The molecule has 1 N–H and O–H groups in total. The number of piperidine rings is 1. The zero-order chi connectivity index (χ0) is 21.2. The van der Waals surface area contributed by atoms with Gasteiger partial charge < -0.3 is 14.6 Å². The van der Waals surface area contributed by atoms with Gasteiger partial charge in [-0.3, -0.25) is 0 Å². The maximum Gasteiger partial charge on any atom is 0.174 e. The van der Waals surface area contributed by atoms with Crippen LogP contribution in [-0.2, 0) is 6.54 Å².